The number of carboxylic acid groups (broad SMARTS) is 1. The Morgan fingerprint density at radius 2 is 1.29 bits per heavy atom. The lowest BCUT2D eigenvalue weighted by atomic mass is 9.89. The van der Waals surface area contributed by atoms with Crippen molar-refractivity contribution in [2.45, 2.75) is 13.8 Å². The number of aromatic carboxylic acids is 1. The van der Waals surface area contributed by atoms with E-state index in [1.807, 2.05) is 44.2 Å². The third-order valence-electron chi connectivity index (χ3n) is 6.77. The quantitative estimate of drug-likeness (QED) is 0.216. The van der Waals surface area contributed by atoms with Crippen molar-refractivity contribution >= 4 is 49.5 Å². The first kappa shape index (κ1) is 20.9. The van der Waals surface area contributed by atoms with E-state index in [-0.39, 0.29) is 16.7 Å². The van der Waals surface area contributed by atoms with Gasteiger partial charge in [-0.3, -0.25) is 4.79 Å². The van der Waals surface area contributed by atoms with Gasteiger partial charge in [0, 0.05) is 27.1 Å². The molecule has 0 spiro atoms. The Hall–Kier alpha value is -4.64. The van der Waals surface area contributed by atoms with E-state index in [9.17, 15) is 19.8 Å². The fourth-order valence-corrected chi connectivity index (χ4v) is 4.92. The van der Waals surface area contributed by atoms with E-state index < -0.39 is 5.97 Å². The van der Waals surface area contributed by atoms with Gasteiger partial charge in [-0.25, -0.2) is 4.79 Å². The van der Waals surface area contributed by atoms with Crippen LogP contribution in [0.25, 0.3) is 54.6 Å². The van der Waals surface area contributed by atoms with Gasteiger partial charge in [-0.05, 0) is 95.9 Å². The molecule has 0 saturated carbocycles. The fraction of sp³-hybridized carbons (Fsp3) is 0.0667. The maximum Gasteiger partial charge on any atom is 0.336 e. The van der Waals surface area contributed by atoms with Crippen LogP contribution in [0.1, 0.15) is 21.5 Å². The summed E-state index contributed by atoms with van der Waals surface area (Å²) in [5.41, 5.74) is 4.50. The summed E-state index contributed by atoms with van der Waals surface area (Å²) in [4.78, 5) is 24.3. The Bertz CT molecular complexity index is 1930. The van der Waals surface area contributed by atoms with Crippen LogP contribution in [0.3, 0.4) is 0 Å². The van der Waals surface area contributed by atoms with Crippen molar-refractivity contribution in [3.05, 3.63) is 99.7 Å². The van der Waals surface area contributed by atoms with Gasteiger partial charge < -0.3 is 14.6 Å². The minimum absolute atomic E-state index is 0.0962. The predicted octanol–water partition coefficient (Wildman–Crippen LogP) is 6.94. The van der Waals surface area contributed by atoms with Gasteiger partial charge in [0.1, 0.15) is 16.9 Å². The van der Waals surface area contributed by atoms with E-state index in [2.05, 4.69) is 0 Å². The van der Waals surface area contributed by atoms with Crippen LogP contribution >= 0.6 is 0 Å². The third-order valence-corrected chi connectivity index (χ3v) is 6.77. The molecule has 5 nitrogen and oxygen atoms in total. The van der Waals surface area contributed by atoms with E-state index in [4.69, 9.17) is 4.42 Å². The lowest BCUT2D eigenvalue weighted by Crippen LogP contribution is -2.02. The minimum Gasteiger partial charge on any atom is -0.508 e. The first-order chi connectivity index (χ1) is 16.8. The van der Waals surface area contributed by atoms with Crippen LogP contribution in [0.2, 0.25) is 0 Å². The molecule has 0 atom stereocenters. The number of carbonyl (C=O) groups is 1. The second kappa shape index (κ2) is 7.43. The molecule has 6 aromatic rings. The van der Waals surface area contributed by atoms with Crippen molar-refractivity contribution in [3.8, 4) is 16.9 Å². The summed E-state index contributed by atoms with van der Waals surface area (Å²) in [6, 6.07) is 21.1. The van der Waals surface area contributed by atoms with Gasteiger partial charge in [0.05, 0.1) is 5.56 Å². The van der Waals surface area contributed by atoms with E-state index in [0.717, 1.165) is 49.0 Å². The van der Waals surface area contributed by atoms with Crippen LogP contribution in [0.5, 0.6) is 5.75 Å². The van der Waals surface area contributed by atoms with Gasteiger partial charge in [0.15, 0.2) is 5.43 Å². The number of hydrogen-bond acceptors (Lipinski definition) is 4. The standard InChI is InChI=1S/C30H20O5/c1-15-11-25(26(30(33)34)12-16(15)2)27-23-7-3-17-13-19(31)5-9-21(17)28(23)35-29-22-10-6-20(32)14-18(22)4-8-24(27)29/h3-14,31H,1-2H3,(H,33,34). The Kier molecular flexibility index (Phi) is 4.45. The Labute approximate surface area is 199 Å². The summed E-state index contributed by atoms with van der Waals surface area (Å²) in [6.07, 6.45) is 0. The van der Waals surface area contributed by atoms with Crippen molar-refractivity contribution in [3.63, 3.8) is 0 Å². The van der Waals surface area contributed by atoms with Gasteiger partial charge >= 0.3 is 5.97 Å². The number of phenols is 1. The zero-order valence-corrected chi connectivity index (χ0v) is 19.0. The molecular formula is C30H20O5. The van der Waals surface area contributed by atoms with Crippen molar-refractivity contribution in [1.82, 2.24) is 0 Å². The van der Waals surface area contributed by atoms with E-state index >= 15 is 0 Å². The topological polar surface area (TPSA) is 87.7 Å². The molecule has 2 N–H and O–H groups in total. The maximum atomic E-state index is 12.3. The number of aromatic hydroxyl groups is 1. The molecule has 0 radical (unpaired) electrons. The van der Waals surface area contributed by atoms with Crippen LogP contribution in [0, 0.1) is 13.8 Å². The van der Waals surface area contributed by atoms with Crippen molar-refractivity contribution in [2.24, 2.45) is 0 Å². The molecule has 0 unspecified atom stereocenters. The van der Waals surface area contributed by atoms with Crippen LogP contribution in [-0.2, 0) is 0 Å². The third kappa shape index (κ3) is 3.16. The molecule has 1 heterocycles. The Morgan fingerprint density at radius 1 is 0.714 bits per heavy atom. The molecule has 0 fully saturated rings. The number of aryl methyl sites for hydroxylation is 2. The van der Waals surface area contributed by atoms with Crippen LogP contribution in [0.4, 0.5) is 0 Å². The lowest BCUT2D eigenvalue weighted by Gasteiger charge is -2.17. The molecule has 35 heavy (non-hydrogen) atoms. The number of rotatable bonds is 2. The largest absolute Gasteiger partial charge is 0.508 e. The lowest BCUT2D eigenvalue weighted by molar-refractivity contribution is 0.0697. The summed E-state index contributed by atoms with van der Waals surface area (Å²) in [6.45, 7) is 3.86. The molecule has 0 bridgehead atoms. The second-order valence-corrected chi connectivity index (χ2v) is 8.94. The number of benzene rings is 5. The highest BCUT2D eigenvalue weighted by Crippen LogP contribution is 2.43. The van der Waals surface area contributed by atoms with Gasteiger partial charge in [-0.1, -0.05) is 18.2 Å². The first-order valence-electron chi connectivity index (χ1n) is 11.2. The number of carboxylic acids is 1. The summed E-state index contributed by atoms with van der Waals surface area (Å²) in [7, 11) is 0. The Balaban J connectivity index is 1.90. The number of phenolic OH excluding ortho intramolecular Hbond substituents is 1. The zero-order chi connectivity index (χ0) is 24.4. The molecule has 6 rings (SSSR count). The normalized spacial score (nSPS) is 11.6. The smallest absolute Gasteiger partial charge is 0.336 e. The summed E-state index contributed by atoms with van der Waals surface area (Å²) >= 11 is 0. The molecule has 0 aliphatic carbocycles. The molecule has 0 aliphatic heterocycles. The summed E-state index contributed by atoms with van der Waals surface area (Å²) < 4.78 is 6.54. The SMILES string of the molecule is Cc1cc(C(=O)O)c(-c2c3ccc4cc(O)ccc4c3oc3c2ccc2cc(=O)ccc23)cc1C. The van der Waals surface area contributed by atoms with Crippen molar-refractivity contribution in [1.29, 1.82) is 0 Å². The minimum atomic E-state index is -1.01. The molecule has 5 aromatic carbocycles. The van der Waals surface area contributed by atoms with Gasteiger partial charge in [0.25, 0.3) is 0 Å². The van der Waals surface area contributed by atoms with Crippen LogP contribution in [0.15, 0.2) is 82.0 Å². The average Bonchev–Trinajstić information content (AvgIpc) is 2.83. The van der Waals surface area contributed by atoms with Gasteiger partial charge in [0.2, 0.25) is 0 Å². The highest BCUT2D eigenvalue weighted by molar-refractivity contribution is 6.20. The average molecular weight is 460 g/mol. The zero-order valence-electron chi connectivity index (χ0n) is 19.0. The van der Waals surface area contributed by atoms with Gasteiger partial charge in [-0.15, -0.1) is 0 Å². The predicted molar refractivity (Wildman–Crippen MR) is 139 cm³/mol. The molecule has 0 amide bonds. The second-order valence-electron chi connectivity index (χ2n) is 8.94. The highest BCUT2D eigenvalue weighted by Gasteiger charge is 2.21. The molecule has 0 aliphatic rings. The van der Waals surface area contributed by atoms with E-state index in [1.165, 1.54) is 6.07 Å². The van der Waals surface area contributed by atoms with Crippen LogP contribution < -0.4 is 5.43 Å². The van der Waals surface area contributed by atoms with E-state index in [0.29, 0.717) is 16.7 Å². The first-order valence-corrected chi connectivity index (χ1v) is 11.2. The highest BCUT2D eigenvalue weighted by atomic mass is 16.4. The monoisotopic (exact) mass is 460 g/mol. The number of fused-ring (bicyclic) bond motifs is 6. The van der Waals surface area contributed by atoms with Crippen molar-refractivity contribution in [2.75, 3.05) is 0 Å². The molecule has 0 saturated heterocycles. The fourth-order valence-electron chi connectivity index (χ4n) is 4.92. The Morgan fingerprint density at radius 3 is 1.94 bits per heavy atom. The van der Waals surface area contributed by atoms with Gasteiger partial charge in [-0.2, -0.15) is 0 Å². The van der Waals surface area contributed by atoms with E-state index in [1.54, 1.807) is 36.4 Å². The number of hydrogen-bond donors (Lipinski definition) is 2. The van der Waals surface area contributed by atoms with Crippen LogP contribution in [-0.4, -0.2) is 16.2 Å². The summed E-state index contributed by atoms with van der Waals surface area (Å²) in [5, 5.41) is 24.7. The maximum absolute atomic E-state index is 12.3. The molecule has 5 heteroatoms. The van der Waals surface area contributed by atoms with Crippen molar-refractivity contribution < 1.29 is 19.4 Å². The molecular weight excluding hydrogens is 440 g/mol. The summed E-state index contributed by atoms with van der Waals surface area (Å²) in [5.74, 6) is -0.860. The molecule has 1 aromatic heterocycles. The molecule has 170 valence electrons.